The van der Waals surface area contributed by atoms with Crippen LogP contribution in [0.5, 0.6) is 5.88 Å². The van der Waals surface area contributed by atoms with Crippen molar-refractivity contribution in [1.29, 1.82) is 0 Å². The standard InChI is InChI=1S/C30H27FN4O4/c1-19-6-7-20(17-32-19)18-39-29-5-3-4-25(34-29)22-9-8-21(24(31)14-22)16-28-33-26-11-10-23(30(36)37)15-27(26)35(28)12-13-38-2/h3-11,14-15,17H,12-13,16,18H2,1-2H3,(H,36,37). The van der Waals surface area contributed by atoms with Crippen molar-refractivity contribution in [2.75, 3.05) is 13.7 Å². The van der Waals surface area contributed by atoms with Gasteiger partial charge in [0.1, 0.15) is 18.2 Å². The molecule has 3 aromatic heterocycles. The normalized spacial score (nSPS) is 11.2. The summed E-state index contributed by atoms with van der Waals surface area (Å²) in [6, 6.07) is 19.0. The van der Waals surface area contributed by atoms with E-state index in [9.17, 15) is 9.90 Å². The second-order valence-corrected chi connectivity index (χ2v) is 9.12. The zero-order valence-electron chi connectivity index (χ0n) is 21.6. The summed E-state index contributed by atoms with van der Waals surface area (Å²) in [7, 11) is 1.59. The van der Waals surface area contributed by atoms with Gasteiger partial charge in [-0.3, -0.25) is 4.98 Å². The van der Waals surface area contributed by atoms with Crippen LogP contribution in [0.3, 0.4) is 0 Å². The summed E-state index contributed by atoms with van der Waals surface area (Å²) in [6.45, 7) is 3.12. The Morgan fingerprint density at radius 3 is 2.67 bits per heavy atom. The van der Waals surface area contributed by atoms with E-state index >= 15 is 4.39 Å². The van der Waals surface area contributed by atoms with E-state index in [1.54, 1.807) is 43.6 Å². The minimum absolute atomic E-state index is 0.164. The number of carboxylic acids is 1. The molecule has 9 heteroatoms. The summed E-state index contributed by atoms with van der Waals surface area (Å²) in [5.41, 5.74) is 5.02. The van der Waals surface area contributed by atoms with Crippen LogP contribution in [-0.2, 0) is 24.3 Å². The van der Waals surface area contributed by atoms with Crippen LogP contribution < -0.4 is 4.74 Å². The molecule has 0 atom stereocenters. The van der Waals surface area contributed by atoms with E-state index in [2.05, 4.69) is 15.0 Å². The van der Waals surface area contributed by atoms with Gasteiger partial charge in [0, 0.05) is 49.2 Å². The number of carboxylic acid groups (broad SMARTS) is 1. The van der Waals surface area contributed by atoms with E-state index in [4.69, 9.17) is 9.47 Å². The summed E-state index contributed by atoms with van der Waals surface area (Å²) in [6.07, 6.45) is 2.00. The van der Waals surface area contributed by atoms with Crippen LogP contribution in [0.25, 0.3) is 22.3 Å². The van der Waals surface area contributed by atoms with E-state index in [-0.39, 0.29) is 17.8 Å². The number of methoxy groups -OCH3 is 1. The first kappa shape index (κ1) is 26.0. The van der Waals surface area contributed by atoms with Crippen molar-refractivity contribution in [3.05, 3.63) is 107 Å². The van der Waals surface area contributed by atoms with Gasteiger partial charge in [0.25, 0.3) is 0 Å². The number of rotatable bonds is 10. The molecule has 0 spiro atoms. The van der Waals surface area contributed by atoms with Gasteiger partial charge in [-0.1, -0.05) is 24.3 Å². The Bertz CT molecular complexity index is 1630. The highest BCUT2D eigenvalue weighted by Crippen LogP contribution is 2.26. The third kappa shape index (κ3) is 5.94. The van der Waals surface area contributed by atoms with Crippen molar-refractivity contribution in [3.8, 4) is 17.1 Å². The molecule has 5 rings (SSSR count). The molecule has 8 nitrogen and oxygen atoms in total. The highest BCUT2D eigenvalue weighted by molar-refractivity contribution is 5.92. The molecule has 0 saturated heterocycles. The molecule has 0 aliphatic heterocycles. The molecule has 5 aromatic rings. The number of halogens is 1. The van der Waals surface area contributed by atoms with Gasteiger partial charge in [-0.2, -0.15) is 0 Å². The van der Waals surface area contributed by atoms with Crippen LogP contribution in [0.1, 0.15) is 33.0 Å². The fourth-order valence-corrected chi connectivity index (χ4v) is 4.29. The lowest BCUT2D eigenvalue weighted by Gasteiger charge is -2.11. The van der Waals surface area contributed by atoms with Gasteiger partial charge in [0.05, 0.1) is 28.9 Å². The minimum atomic E-state index is -1.02. The molecule has 0 fully saturated rings. The number of ether oxygens (including phenoxy) is 2. The molecule has 1 N–H and O–H groups in total. The summed E-state index contributed by atoms with van der Waals surface area (Å²) in [4.78, 5) is 24.9. The van der Waals surface area contributed by atoms with Crippen molar-refractivity contribution in [2.45, 2.75) is 26.5 Å². The topological polar surface area (TPSA) is 99.4 Å². The Kier molecular flexibility index (Phi) is 7.60. The lowest BCUT2D eigenvalue weighted by Crippen LogP contribution is -2.10. The van der Waals surface area contributed by atoms with Crippen molar-refractivity contribution in [1.82, 2.24) is 19.5 Å². The van der Waals surface area contributed by atoms with Crippen LogP contribution in [-0.4, -0.2) is 44.3 Å². The summed E-state index contributed by atoms with van der Waals surface area (Å²) < 4.78 is 28.3. The van der Waals surface area contributed by atoms with E-state index in [1.165, 1.54) is 12.1 Å². The number of carbonyl (C=O) groups is 1. The Hall–Kier alpha value is -4.63. The number of fused-ring (bicyclic) bond motifs is 1. The van der Waals surface area contributed by atoms with Gasteiger partial charge in [0.15, 0.2) is 0 Å². The van der Waals surface area contributed by atoms with Crippen molar-refractivity contribution in [3.63, 3.8) is 0 Å². The van der Waals surface area contributed by atoms with Crippen LogP contribution in [0.15, 0.2) is 72.9 Å². The number of benzene rings is 2. The zero-order chi connectivity index (χ0) is 27.4. The average molecular weight is 527 g/mol. The predicted octanol–water partition coefficient (Wildman–Crippen LogP) is 5.46. The molecule has 3 heterocycles. The van der Waals surface area contributed by atoms with E-state index < -0.39 is 5.97 Å². The maximum atomic E-state index is 15.3. The first-order valence-corrected chi connectivity index (χ1v) is 12.4. The number of hydrogen-bond donors (Lipinski definition) is 1. The largest absolute Gasteiger partial charge is 0.478 e. The van der Waals surface area contributed by atoms with Crippen molar-refractivity contribution in [2.24, 2.45) is 0 Å². The molecule has 0 saturated carbocycles. The molecule has 0 aliphatic carbocycles. The highest BCUT2D eigenvalue weighted by Gasteiger charge is 2.16. The van der Waals surface area contributed by atoms with Crippen LogP contribution in [0.2, 0.25) is 0 Å². The summed E-state index contributed by atoms with van der Waals surface area (Å²) in [5.74, 6) is -0.349. The Morgan fingerprint density at radius 1 is 1.05 bits per heavy atom. The maximum Gasteiger partial charge on any atom is 0.335 e. The molecule has 2 aromatic carbocycles. The summed E-state index contributed by atoms with van der Waals surface area (Å²) in [5, 5.41) is 9.40. The van der Waals surface area contributed by atoms with E-state index in [1.807, 2.05) is 35.8 Å². The number of aryl methyl sites for hydroxylation is 1. The number of nitrogens with zero attached hydrogens (tertiary/aromatic N) is 4. The van der Waals surface area contributed by atoms with Gasteiger partial charge in [-0.05, 0) is 48.9 Å². The molecule has 0 aliphatic rings. The van der Waals surface area contributed by atoms with Gasteiger partial charge in [0.2, 0.25) is 5.88 Å². The lowest BCUT2D eigenvalue weighted by atomic mass is 10.1. The Morgan fingerprint density at radius 2 is 1.92 bits per heavy atom. The monoisotopic (exact) mass is 526 g/mol. The molecule has 0 amide bonds. The van der Waals surface area contributed by atoms with Gasteiger partial charge in [-0.15, -0.1) is 0 Å². The number of aromatic nitrogens is 4. The second-order valence-electron chi connectivity index (χ2n) is 9.12. The van der Waals surface area contributed by atoms with Gasteiger partial charge < -0.3 is 19.1 Å². The molecular formula is C30H27FN4O4. The predicted molar refractivity (Wildman–Crippen MR) is 144 cm³/mol. The van der Waals surface area contributed by atoms with Crippen molar-refractivity contribution < 1.29 is 23.8 Å². The van der Waals surface area contributed by atoms with E-state index in [0.717, 1.165) is 11.3 Å². The fraction of sp³-hybridized carbons (Fsp3) is 0.200. The summed E-state index contributed by atoms with van der Waals surface area (Å²) >= 11 is 0. The minimum Gasteiger partial charge on any atom is -0.478 e. The quantitative estimate of drug-likeness (QED) is 0.258. The third-order valence-electron chi connectivity index (χ3n) is 6.37. The van der Waals surface area contributed by atoms with Crippen LogP contribution in [0.4, 0.5) is 4.39 Å². The zero-order valence-corrected chi connectivity index (χ0v) is 21.6. The molecule has 39 heavy (non-hydrogen) atoms. The maximum absolute atomic E-state index is 15.3. The van der Waals surface area contributed by atoms with E-state index in [0.29, 0.717) is 59.3 Å². The SMILES string of the molecule is COCCn1c(Cc2ccc(-c3cccc(OCc4ccc(C)nc4)n3)cc2F)nc2ccc(C(=O)O)cc21. The van der Waals surface area contributed by atoms with Gasteiger partial charge >= 0.3 is 5.97 Å². The lowest BCUT2D eigenvalue weighted by molar-refractivity contribution is 0.0697. The van der Waals surface area contributed by atoms with Crippen molar-refractivity contribution >= 4 is 17.0 Å². The molecular weight excluding hydrogens is 499 g/mol. The number of pyridine rings is 2. The first-order valence-electron chi connectivity index (χ1n) is 12.4. The third-order valence-corrected chi connectivity index (χ3v) is 6.37. The molecule has 0 radical (unpaired) electrons. The molecule has 198 valence electrons. The average Bonchev–Trinajstić information content (AvgIpc) is 3.28. The molecule has 0 unspecified atom stereocenters. The fourth-order valence-electron chi connectivity index (χ4n) is 4.29. The van der Waals surface area contributed by atoms with Gasteiger partial charge in [-0.25, -0.2) is 19.2 Å². The second kappa shape index (κ2) is 11.4. The van der Waals surface area contributed by atoms with Crippen LogP contribution >= 0.6 is 0 Å². The molecule has 0 bridgehead atoms. The number of imidazole rings is 1. The number of aromatic carboxylic acids is 1. The smallest absolute Gasteiger partial charge is 0.335 e. The first-order chi connectivity index (χ1) is 18.9. The number of hydrogen-bond acceptors (Lipinski definition) is 6. The highest BCUT2D eigenvalue weighted by atomic mass is 19.1. The Labute approximate surface area is 224 Å². The van der Waals surface area contributed by atoms with Crippen LogP contribution in [0, 0.1) is 12.7 Å². The Balaban J connectivity index is 1.37.